The molecule has 2 amide bonds. The Morgan fingerprint density at radius 2 is 1.97 bits per heavy atom. The summed E-state index contributed by atoms with van der Waals surface area (Å²) in [6.07, 6.45) is 0.877. The summed E-state index contributed by atoms with van der Waals surface area (Å²) in [7, 11) is 0. The van der Waals surface area contributed by atoms with E-state index in [1.807, 2.05) is 51.1 Å². The third kappa shape index (κ3) is 5.57. The standard InChI is InChI=1S/C25H32N2O4/c1-17(2)12-13-27-20-14-19(10-11-22(20)31-16-25(4,5)24(27)29)26-23(28)15-30-21-9-7-6-8-18(21)3/h6-11,14,17H,12-13,15-16H2,1-5H3,(H,26,28). The van der Waals surface area contributed by atoms with Crippen molar-refractivity contribution in [1.29, 1.82) is 0 Å². The normalized spacial score (nSPS) is 15.2. The van der Waals surface area contributed by atoms with E-state index in [1.54, 1.807) is 17.0 Å². The number of carbonyl (C=O) groups excluding carboxylic acids is 2. The molecule has 0 aliphatic carbocycles. The van der Waals surface area contributed by atoms with Gasteiger partial charge in [-0.15, -0.1) is 0 Å². The lowest BCUT2D eigenvalue weighted by Crippen LogP contribution is -2.42. The molecule has 0 spiro atoms. The quantitative estimate of drug-likeness (QED) is 0.693. The van der Waals surface area contributed by atoms with Crippen LogP contribution in [0.1, 0.15) is 39.7 Å². The Morgan fingerprint density at radius 3 is 2.68 bits per heavy atom. The molecule has 0 saturated heterocycles. The van der Waals surface area contributed by atoms with Crippen molar-refractivity contribution in [2.75, 3.05) is 30.0 Å². The van der Waals surface area contributed by atoms with Crippen LogP contribution in [0.2, 0.25) is 0 Å². The van der Waals surface area contributed by atoms with Gasteiger partial charge in [0.2, 0.25) is 5.91 Å². The highest BCUT2D eigenvalue weighted by Crippen LogP contribution is 2.38. The van der Waals surface area contributed by atoms with Crippen molar-refractivity contribution in [2.45, 2.75) is 41.0 Å². The van der Waals surface area contributed by atoms with Gasteiger partial charge in [-0.2, -0.15) is 0 Å². The van der Waals surface area contributed by atoms with Gasteiger partial charge in [-0.25, -0.2) is 0 Å². The van der Waals surface area contributed by atoms with Gasteiger partial charge in [0.05, 0.1) is 11.1 Å². The second kappa shape index (κ2) is 9.41. The first kappa shape index (κ1) is 22.7. The van der Waals surface area contributed by atoms with E-state index in [9.17, 15) is 9.59 Å². The predicted molar refractivity (Wildman–Crippen MR) is 123 cm³/mol. The first-order valence-electron chi connectivity index (χ1n) is 10.7. The van der Waals surface area contributed by atoms with Gasteiger partial charge in [-0.1, -0.05) is 32.0 Å². The summed E-state index contributed by atoms with van der Waals surface area (Å²) < 4.78 is 11.6. The van der Waals surface area contributed by atoms with Crippen LogP contribution in [-0.4, -0.2) is 31.6 Å². The van der Waals surface area contributed by atoms with Crippen molar-refractivity contribution in [3.8, 4) is 11.5 Å². The number of hydrogen-bond donors (Lipinski definition) is 1. The molecular weight excluding hydrogens is 392 g/mol. The molecule has 0 unspecified atom stereocenters. The minimum atomic E-state index is -0.624. The maximum absolute atomic E-state index is 13.2. The Hall–Kier alpha value is -3.02. The molecule has 1 N–H and O–H groups in total. The highest BCUT2D eigenvalue weighted by molar-refractivity contribution is 6.00. The molecule has 0 fully saturated rings. The monoisotopic (exact) mass is 424 g/mol. The number of nitrogens with one attached hydrogen (secondary N) is 1. The van der Waals surface area contributed by atoms with Gasteiger partial charge in [0.15, 0.2) is 6.61 Å². The van der Waals surface area contributed by atoms with Crippen molar-refractivity contribution in [1.82, 2.24) is 0 Å². The van der Waals surface area contributed by atoms with Crippen LogP contribution in [0.3, 0.4) is 0 Å². The molecule has 6 heteroatoms. The minimum absolute atomic E-state index is 0.0262. The molecule has 166 valence electrons. The van der Waals surface area contributed by atoms with Crippen molar-refractivity contribution in [2.24, 2.45) is 11.3 Å². The molecule has 0 aromatic heterocycles. The van der Waals surface area contributed by atoms with Crippen LogP contribution in [0, 0.1) is 18.3 Å². The van der Waals surface area contributed by atoms with E-state index in [0.717, 1.165) is 12.0 Å². The number of fused-ring (bicyclic) bond motifs is 1. The van der Waals surface area contributed by atoms with E-state index in [1.165, 1.54) is 0 Å². The maximum Gasteiger partial charge on any atom is 0.262 e. The van der Waals surface area contributed by atoms with Gasteiger partial charge in [0.1, 0.15) is 18.1 Å². The first-order valence-corrected chi connectivity index (χ1v) is 10.7. The fourth-order valence-corrected chi connectivity index (χ4v) is 3.39. The molecule has 2 aromatic rings. The van der Waals surface area contributed by atoms with Crippen LogP contribution in [-0.2, 0) is 9.59 Å². The lowest BCUT2D eigenvalue weighted by atomic mass is 9.92. The lowest BCUT2D eigenvalue weighted by Gasteiger charge is -2.28. The highest BCUT2D eigenvalue weighted by Gasteiger charge is 2.37. The molecule has 3 rings (SSSR count). The zero-order valence-corrected chi connectivity index (χ0v) is 19.0. The Kier molecular flexibility index (Phi) is 6.88. The van der Waals surface area contributed by atoms with Crippen LogP contribution >= 0.6 is 0 Å². The van der Waals surface area contributed by atoms with E-state index in [4.69, 9.17) is 9.47 Å². The van der Waals surface area contributed by atoms with E-state index in [-0.39, 0.29) is 18.4 Å². The third-order valence-electron chi connectivity index (χ3n) is 5.33. The molecule has 0 bridgehead atoms. The van der Waals surface area contributed by atoms with Crippen molar-refractivity contribution in [3.05, 3.63) is 48.0 Å². The van der Waals surface area contributed by atoms with E-state index >= 15 is 0 Å². The molecule has 0 atom stereocenters. The molecule has 2 aromatic carbocycles. The number of rotatable bonds is 7. The molecule has 1 aliphatic rings. The fourth-order valence-electron chi connectivity index (χ4n) is 3.39. The molecule has 1 heterocycles. The number of anilines is 2. The van der Waals surface area contributed by atoms with Gasteiger partial charge in [-0.3, -0.25) is 9.59 Å². The zero-order chi connectivity index (χ0) is 22.6. The van der Waals surface area contributed by atoms with Crippen molar-refractivity contribution < 1.29 is 19.1 Å². The summed E-state index contributed by atoms with van der Waals surface area (Å²) in [5.41, 5.74) is 1.64. The average Bonchev–Trinajstić information content (AvgIpc) is 2.80. The number of hydrogen-bond acceptors (Lipinski definition) is 4. The second-order valence-electron chi connectivity index (χ2n) is 9.10. The number of aryl methyl sites for hydroxylation is 1. The van der Waals surface area contributed by atoms with Gasteiger partial charge >= 0.3 is 0 Å². The number of para-hydroxylation sites is 1. The minimum Gasteiger partial charge on any atom is -0.490 e. The highest BCUT2D eigenvalue weighted by atomic mass is 16.5. The molecule has 31 heavy (non-hydrogen) atoms. The average molecular weight is 425 g/mol. The molecular formula is C25H32N2O4. The summed E-state index contributed by atoms with van der Waals surface area (Å²) in [5.74, 6) is 1.55. The van der Waals surface area contributed by atoms with Crippen molar-refractivity contribution in [3.63, 3.8) is 0 Å². The van der Waals surface area contributed by atoms with E-state index in [2.05, 4.69) is 19.2 Å². The smallest absolute Gasteiger partial charge is 0.262 e. The number of amides is 2. The lowest BCUT2D eigenvalue weighted by molar-refractivity contribution is -0.127. The Balaban J connectivity index is 1.77. The summed E-state index contributed by atoms with van der Waals surface area (Å²) in [6, 6.07) is 13.0. The number of ether oxygens (including phenoxy) is 2. The van der Waals surface area contributed by atoms with Gasteiger partial charge < -0.3 is 19.7 Å². The van der Waals surface area contributed by atoms with Crippen molar-refractivity contribution >= 4 is 23.2 Å². The van der Waals surface area contributed by atoms with Crippen LogP contribution in [0.4, 0.5) is 11.4 Å². The predicted octanol–water partition coefficient (Wildman–Crippen LogP) is 4.81. The number of nitrogens with zero attached hydrogens (tertiary/aromatic N) is 1. The molecule has 6 nitrogen and oxygen atoms in total. The van der Waals surface area contributed by atoms with Crippen LogP contribution in [0.5, 0.6) is 11.5 Å². The largest absolute Gasteiger partial charge is 0.490 e. The van der Waals surface area contributed by atoms with E-state index in [0.29, 0.717) is 41.9 Å². The van der Waals surface area contributed by atoms with Crippen LogP contribution in [0.25, 0.3) is 0 Å². The first-order chi connectivity index (χ1) is 14.7. The van der Waals surface area contributed by atoms with Gasteiger partial charge in [-0.05, 0) is 62.9 Å². The SMILES string of the molecule is Cc1ccccc1OCC(=O)Nc1ccc2c(c1)N(CCC(C)C)C(=O)C(C)(C)CO2. The fraction of sp³-hybridized carbons (Fsp3) is 0.440. The molecule has 0 radical (unpaired) electrons. The summed E-state index contributed by atoms with van der Waals surface area (Å²) in [6.45, 7) is 10.8. The van der Waals surface area contributed by atoms with Gasteiger partial charge in [0.25, 0.3) is 5.91 Å². The summed E-state index contributed by atoms with van der Waals surface area (Å²) in [4.78, 5) is 27.4. The summed E-state index contributed by atoms with van der Waals surface area (Å²) >= 11 is 0. The summed E-state index contributed by atoms with van der Waals surface area (Å²) in [5, 5.41) is 2.87. The Bertz CT molecular complexity index is 952. The third-order valence-corrected chi connectivity index (χ3v) is 5.33. The zero-order valence-electron chi connectivity index (χ0n) is 19.0. The number of carbonyl (C=O) groups is 2. The molecule has 1 aliphatic heterocycles. The van der Waals surface area contributed by atoms with Crippen LogP contribution in [0.15, 0.2) is 42.5 Å². The Morgan fingerprint density at radius 1 is 1.23 bits per heavy atom. The maximum atomic E-state index is 13.2. The van der Waals surface area contributed by atoms with E-state index < -0.39 is 5.41 Å². The topological polar surface area (TPSA) is 67.9 Å². The molecule has 0 saturated carbocycles. The van der Waals surface area contributed by atoms with Crippen LogP contribution < -0.4 is 19.7 Å². The number of benzene rings is 2. The van der Waals surface area contributed by atoms with Gasteiger partial charge in [0, 0.05) is 12.2 Å². The Labute approximate surface area is 184 Å². The second-order valence-corrected chi connectivity index (χ2v) is 9.10.